The summed E-state index contributed by atoms with van der Waals surface area (Å²) in [6.45, 7) is 3.94. The Morgan fingerprint density at radius 3 is 1.96 bits per heavy atom. The van der Waals surface area contributed by atoms with Gasteiger partial charge in [-0.25, -0.2) is 9.97 Å². The molecule has 0 spiro atoms. The zero-order chi connectivity index (χ0) is 19.7. The van der Waals surface area contributed by atoms with Gasteiger partial charge in [0.15, 0.2) is 11.5 Å². The van der Waals surface area contributed by atoms with Crippen LogP contribution < -0.4 is 19.9 Å². The molecule has 0 saturated heterocycles. The maximum absolute atomic E-state index is 6.00. The minimum atomic E-state index is 0.180. The van der Waals surface area contributed by atoms with E-state index in [-0.39, 0.29) is 5.95 Å². The van der Waals surface area contributed by atoms with Gasteiger partial charge in [-0.2, -0.15) is 5.10 Å². The van der Waals surface area contributed by atoms with E-state index in [1.807, 2.05) is 43.8 Å². The summed E-state index contributed by atoms with van der Waals surface area (Å²) < 4.78 is 18.1. The first-order valence-corrected chi connectivity index (χ1v) is 8.35. The van der Waals surface area contributed by atoms with Gasteiger partial charge in [-0.05, 0) is 32.0 Å². The van der Waals surface area contributed by atoms with Gasteiger partial charge in [-0.1, -0.05) is 0 Å². The smallest absolute Gasteiger partial charge is 0.221 e. The van der Waals surface area contributed by atoms with Crippen molar-refractivity contribution in [3.8, 4) is 39.8 Å². The number of aromatic nitrogens is 4. The Morgan fingerprint density at radius 2 is 1.48 bits per heavy atom. The van der Waals surface area contributed by atoms with Crippen LogP contribution in [0, 0.1) is 13.8 Å². The lowest BCUT2D eigenvalue weighted by atomic mass is 10.1. The summed E-state index contributed by atoms with van der Waals surface area (Å²) in [7, 11) is 6.61. The number of nitrogens with two attached hydrogens (primary N) is 1. The lowest BCUT2D eigenvalue weighted by Crippen LogP contribution is -2.01. The fourth-order valence-corrected chi connectivity index (χ4v) is 3.12. The predicted octanol–water partition coefficient (Wildman–Crippen LogP) is 2.77. The molecule has 27 heavy (non-hydrogen) atoms. The molecule has 0 unspecified atom stereocenters. The quantitative estimate of drug-likeness (QED) is 0.738. The fourth-order valence-electron chi connectivity index (χ4n) is 3.12. The van der Waals surface area contributed by atoms with E-state index in [0.29, 0.717) is 28.6 Å². The Kier molecular flexibility index (Phi) is 4.89. The van der Waals surface area contributed by atoms with E-state index in [1.165, 1.54) is 0 Å². The Hall–Kier alpha value is -3.29. The summed E-state index contributed by atoms with van der Waals surface area (Å²) >= 11 is 0. The Bertz CT molecular complexity index is 972. The molecule has 0 saturated carbocycles. The number of benzene rings is 1. The molecule has 0 aliphatic heterocycles. The van der Waals surface area contributed by atoms with E-state index >= 15 is 0 Å². The molecule has 0 aliphatic rings. The third-order valence-corrected chi connectivity index (χ3v) is 4.47. The van der Waals surface area contributed by atoms with Gasteiger partial charge in [0.1, 0.15) is 0 Å². The molecule has 0 radical (unpaired) electrons. The summed E-state index contributed by atoms with van der Waals surface area (Å²) in [6, 6.07) is 5.54. The van der Waals surface area contributed by atoms with Gasteiger partial charge >= 0.3 is 0 Å². The van der Waals surface area contributed by atoms with Gasteiger partial charge in [0.05, 0.1) is 38.4 Å². The standard InChI is InChI=1S/C19H23N5O3/c1-10-17(11(2)24(3)23-10)14-9-13(21-19(20)22-14)12-7-15(25-4)18(27-6)16(8-12)26-5/h7-9H,1-6H3,(H2,20,21,22). The van der Waals surface area contributed by atoms with Crippen LogP contribution in [0.3, 0.4) is 0 Å². The van der Waals surface area contributed by atoms with Crippen LogP contribution >= 0.6 is 0 Å². The van der Waals surface area contributed by atoms with Crippen molar-refractivity contribution in [3.05, 3.63) is 29.6 Å². The number of hydrogen-bond acceptors (Lipinski definition) is 7. The van der Waals surface area contributed by atoms with Crippen LogP contribution in [0.2, 0.25) is 0 Å². The molecule has 142 valence electrons. The summed E-state index contributed by atoms with van der Waals surface area (Å²) in [5.74, 6) is 1.78. The number of anilines is 1. The molecular weight excluding hydrogens is 346 g/mol. The molecule has 2 N–H and O–H groups in total. The summed E-state index contributed by atoms with van der Waals surface area (Å²) in [6.07, 6.45) is 0. The van der Waals surface area contributed by atoms with Crippen LogP contribution in [0.15, 0.2) is 18.2 Å². The van der Waals surface area contributed by atoms with Crippen molar-refractivity contribution >= 4 is 5.95 Å². The molecule has 3 aromatic rings. The van der Waals surface area contributed by atoms with Crippen LogP contribution in [-0.2, 0) is 7.05 Å². The molecular formula is C19H23N5O3. The van der Waals surface area contributed by atoms with Gasteiger partial charge in [0.2, 0.25) is 11.7 Å². The number of rotatable bonds is 5. The highest BCUT2D eigenvalue weighted by Gasteiger charge is 2.18. The van der Waals surface area contributed by atoms with Gasteiger partial charge in [-0.3, -0.25) is 4.68 Å². The maximum Gasteiger partial charge on any atom is 0.221 e. The number of nitrogens with zero attached hydrogens (tertiary/aromatic N) is 4. The highest BCUT2D eigenvalue weighted by molar-refractivity contribution is 5.74. The van der Waals surface area contributed by atoms with Crippen molar-refractivity contribution in [2.75, 3.05) is 27.1 Å². The molecule has 2 heterocycles. The van der Waals surface area contributed by atoms with Gasteiger partial charge in [0.25, 0.3) is 0 Å². The number of aryl methyl sites for hydroxylation is 2. The lowest BCUT2D eigenvalue weighted by Gasteiger charge is -2.14. The van der Waals surface area contributed by atoms with E-state index < -0.39 is 0 Å². The van der Waals surface area contributed by atoms with Crippen LogP contribution in [0.4, 0.5) is 5.95 Å². The number of ether oxygens (including phenoxy) is 3. The predicted molar refractivity (Wildman–Crippen MR) is 103 cm³/mol. The number of nitrogen functional groups attached to an aromatic ring is 1. The highest BCUT2D eigenvalue weighted by Crippen LogP contribution is 2.41. The summed E-state index contributed by atoms with van der Waals surface area (Å²) in [5, 5.41) is 4.46. The van der Waals surface area contributed by atoms with Crippen molar-refractivity contribution in [2.24, 2.45) is 7.05 Å². The molecule has 0 fully saturated rings. The van der Waals surface area contributed by atoms with Crippen molar-refractivity contribution in [1.82, 2.24) is 19.7 Å². The lowest BCUT2D eigenvalue weighted by molar-refractivity contribution is 0.324. The van der Waals surface area contributed by atoms with E-state index in [2.05, 4.69) is 15.1 Å². The largest absolute Gasteiger partial charge is 0.493 e. The minimum absolute atomic E-state index is 0.180. The van der Waals surface area contributed by atoms with E-state index in [0.717, 1.165) is 22.5 Å². The van der Waals surface area contributed by atoms with Crippen molar-refractivity contribution < 1.29 is 14.2 Å². The summed E-state index contributed by atoms with van der Waals surface area (Å²) in [5.41, 5.74) is 11.0. The van der Waals surface area contributed by atoms with Crippen LogP contribution in [0.25, 0.3) is 22.5 Å². The third kappa shape index (κ3) is 3.25. The Morgan fingerprint density at radius 1 is 0.889 bits per heavy atom. The maximum atomic E-state index is 6.00. The first-order valence-electron chi connectivity index (χ1n) is 8.35. The van der Waals surface area contributed by atoms with Crippen LogP contribution in [0.1, 0.15) is 11.4 Å². The van der Waals surface area contributed by atoms with Crippen molar-refractivity contribution in [3.63, 3.8) is 0 Å². The fraction of sp³-hybridized carbons (Fsp3) is 0.316. The number of methoxy groups -OCH3 is 3. The zero-order valence-corrected chi connectivity index (χ0v) is 16.3. The molecule has 3 rings (SSSR count). The van der Waals surface area contributed by atoms with Gasteiger partial charge < -0.3 is 19.9 Å². The van der Waals surface area contributed by atoms with E-state index in [9.17, 15) is 0 Å². The van der Waals surface area contributed by atoms with Gasteiger partial charge in [0, 0.05) is 23.9 Å². The molecule has 0 aliphatic carbocycles. The second-order valence-electron chi connectivity index (χ2n) is 6.08. The van der Waals surface area contributed by atoms with E-state index in [4.69, 9.17) is 19.9 Å². The first-order chi connectivity index (χ1) is 12.9. The van der Waals surface area contributed by atoms with Crippen LogP contribution in [-0.4, -0.2) is 41.1 Å². The molecule has 1 aromatic carbocycles. The first kappa shape index (κ1) is 18.5. The van der Waals surface area contributed by atoms with Crippen molar-refractivity contribution in [2.45, 2.75) is 13.8 Å². The molecule has 0 amide bonds. The Labute approximate surface area is 157 Å². The molecule has 2 aromatic heterocycles. The SMILES string of the molecule is COc1cc(-c2cc(-c3c(C)nn(C)c3C)nc(N)n2)cc(OC)c1OC. The highest BCUT2D eigenvalue weighted by atomic mass is 16.5. The molecule has 8 nitrogen and oxygen atoms in total. The van der Waals surface area contributed by atoms with Crippen molar-refractivity contribution in [1.29, 1.82) is 0 Å². The Balaban J connectivity index is 2.20. The second kappa shape index (κ2) is 7.14. The average Bonchev–Trinajstić information content (AvgIpc) is 2.91. The monoisotopic (exact) mass is 369 g/mol. The molecule has 8 heteroatoms. The minimum Gasteiger partial charge on any atom is -0.493 e. The zero-order valence-electron chi connectivity index (χ0n) is 16.3. The molecule has 0 bridgehead atoms. The van der Waals surface area contributed by atoms with Crippen LogP contribution in [0.5, 0.6) is 17.2 Å². The second-order valence-corrected chi connectivity index (χ2v) is 6.08. The molecule has 0 atom stereocenters. The normalized spacial score (nSPS) is 10.7. The average molecular weight is 369 g/mol. The number of hydrogen-bond donors (Lipinski definition) is 1. The van der Waals surface area contributed by atoms with Gasteiger partial charge in [-0.15, -0.1) is 0 Å². The topological polar surface area (TPSA) is 97.3 Å². The third-order valence-electron chi connectivity index (χ3n) is 4.47. The summed E-state index contributed by atoms with van der Waals surface area (Å²) in [4.78, 5) is 8.80. The van der Waals surface area contributed by atoms with E-state index in [1.54, 1.807) is 21.3 Å².